The van der Waals surface area contributed by atoms with E-state index in [1.165, 1.54) is 33.4 Å². The number of imidazole rings is 3. The third-order valence-corrected chi connectivity index (χ3v) is 8.98. The van der Waals surface area contributed by atoms with Gasteiger partial charge in [-0.2, -0.15) is 0 Å². The van der Waals surface area contributed by atoms with Gasteiger partial charge in [-0.3, -0.25) is 0 Å². The number of para-hydroxylation sites is 3. The van der Waals surface area contributed by atoms with Crippen molar-refractivity contribution in [3.63, 3.8) is 0 Å². The standard InChI is InChI=1S/C39H39N6/c1-31-37(25-40-19-22-43(28-40)34-13-7-4-8-14-34)32(2)39(27-42-21-24-45(30-42)36-17-11-6-12-18-36)33(3)38(31)26-41-20-23-44(29-41)35-15-9-5-10-16-35/h4-24,28-30H,25-27H2,1-3H3/q+3. The number of nitrogens with zero attached hydrogens (tertiary/aromatic N) is 6. The van der Waals surface area contributed by atoms with E-state index in [-0.39, 0.29) is 0 Å². The summed E-state index contributed by atoms with van der Waals surface area (Å²) in [7, 11) is 0. The molecule has 0 spiro atoms. The molecule has 0 aliphatic rings. The van der Waals surface area contributed by atoms with Gasteiger partial charge in [0.15, 0.2) is 0 Å². The first-order valence-electron chi connectivity index (χ1n) is 15.5. The van der Waals surface area contributed by atoms with E-state index in [9.17, 15) is 0 Å². The average Bonchev–Trinajstić information content (AvgIpc) is 3.87. The number of hydrogen-bond acceptors (Lipinski definition) is 0. The molecule has 4 aromatic carbocycles. The van der Waals surface area contributed by atoms with Crippen LogP contribution in [0.3, 0.4) is 0 Å². The molecule has 0 saturated heterocycles. The molecule has 0 fully saturated rings. The van der Waals surface area contributed by atoms with Crippen molar-refractivity contribution in [2.45, 2.75) is 40.4 Å². The largest absolute Gasteiger partial charge is 0.249 e. The van der Waals surface area contributed by atoms with Crippen LogP contribution in [0.4, 0.5) is 0 Å². The molecule has 0 radical (unpaired) electrons. The summed E-state index contributed by atoms with van der Waals surface area (Å²) in [6, 6.07) is 31.5. The van der Waals surface area contributed by atoms with Gasteiger partial charge in [-0.05, 0) is 73.9 Å². The Morgan fingerprint density at radius 3 is 0.933 bits per heavy atom. The number of rotatable bonds is 9. The highest BCUT2D eigenvalue weighted by molar-refractivity contribution is 5.50. The Kier molecular flexibility index (Phi) is 7.70. The summed E-state index contributed by atoms with van der Waals surface area (Å²) in [5.74, 6) is 0. The molecule has 0 bridgehead atoms. The summed E-state index contributed by atoms with van der Waals surface area (Å²) in [6.07, 6.45) is 19.5. The maximum Gasteiger partial charge on any atom is 0.249 e. The van der Waals surface area contributed by atoms with E-state index in [1.54, 1.807) is 0 Å². The molecule has 0 saturated carbocycles. The molecule has 6 heteroatoms. The molecule has 3 aromatic heterocycles. The Balaban J connectivity index is 1.26. The summed E-state index contributed by atoms with van der Waals surface area (Å²) in [5, 5.41) is 0. The third kappa shape index (κ3) is 5.87. The van der Waals surface area contributed by atoms with E-state index < -0.39 is 0 Å². The van der Waals surface area contributed by atoms with Crippen LogP contribution < -0.4 is 13.7 Å². The lowest BCUT2D eigenvalue weighted by molar-refractivity contribution is -0.689. The van der Waals surface area contributed by atoms with Crippen LogP contribution in [0, 0.1) is 20.8 Å². The van der Waals surface area contributed by atoms with Gasteiger partial charge in [0.25, 0.3) is 0 Å². The molecule has 6 nitrogen and oxygen atoms in total. The van der Waals surface area contributed by atoms with Crippen molar-refractivity contribution in [1.82, 2.24) is 13.7 Å². The molecule has 0 amide bonds. The van der Waals surface area contributed by atoms with Crippen molar-refractivity contribution >= 4 is 0 Å². The van der Waals surface area contributed by atoms with Crippen LogP contribution in [-0.2, 0) is 19.6 Å². The zero-order valence-electron chi connectivity index (χ0n) is 26.2. The molecule has 0 atom stereocenters. The van der Waals surface area contributed by atoms with E-state index in [2.05, 4.69) is 195 Å². The highest BCUT2D eigenvalue weighted by Crippen LogP contribution is 2.28. The normalized spacial score (nSPS) is 11.3. The maximum atomic E-state index is 2.30. The Morgan fingerprint density at radius 2 is 0.667 bits per heavy atom. The fourth-order valence-electron chi connectivity index (χ4n) is 6.37. The lowest BCUT2D eigenvalue weighted by Gasteiger charge is -2.20. The van der Waals surface area contributed by atoms with Gasteiger partial charge in [0.1, 0.15) is 73.9 Å². The highest BCUT2D eigenvalue weighted by atomic mass is 15.1. The molecular weight excluding hydrogens is 552 g/mol. The van der Waals surface area contributed by atoms with Gasteiger partial charge in [-0.25, -0.2) is 27.4 Å². The topological polar surface area (TPSA) is 26.4 Å². The van der Waals surface area contributed by atoms with Gasteiger partial charge in [0, 0.05) is 16.7 Å². The SMILES string of the molecule is Cc1c(C[n+]2ccn(-c3ccccc3)c2)c(C)c(C[n+]2ccn(-c3ccccc3)c2)c(C)c1C[n+]1ccn(-c2ccccc2)c1. The van der Waals surface area contributed by atoms with E-state index in [0.29, 0.717) is 0 Å². The van der Waals surface area contributed by atoms with Crippen LogP contribution in [0.25, 0.3) is 17.1 Å². The first-order valence-corrected chi connectivity index (χ1v) is 15.5. The van der Waals surface area contributed by atoms with E-state index in [0.717, 1.165) is 36.7 Å². The van der Waals surface area contributed by atoms with E-state index in [4.69, 9.17) is 0 Å². The van der Waals surface area contributed by atoms with Gasteiger partial charge in [0.05, 0.1) is 0 Å². The summed E-state index contributed by atoms with van der Waals surface area (Å²) in [4.78, 5) is 0. The van der Waals surface area contributed by atoms with Crippen molar-refractivity contribution in [3.8, 4) is 17.1 Å². The molecule has 0 N–H and O–H groups in total. The smallest absolute Gasteiger partial charge is 0.232 e. The molecule has 45 heavy (non-hydrogen) atoms. The predicted molar refractivity (Wildman–Crippen MR) is 176 cm³/mol. The molecule has 7 aromatic rings. The lowest BCUT2D eigenvalue weighted by atomic mass is 9.87. The molecule has 0 unspecified atom stereocenters. The monoisotopic (exact) mass is 591 g/mol. The summed E-state index contributed by atoms with van der Waals surface area (Å²) in [6.45, 7) is 9.33. The summed E-state index contributed by atoms with van der Waals surface area (Å²) in [5.41, 5.74) is 11.7. The number of hydrogen-bond donors (Lipinski definition) is 0. The van der Waals surface area contributed by atoms with Crippen molar-refractivity contribution in [2.24, 2.45) is 0 Å². The molecule has 7 rings (SSSR count). The fourth-order valence-corrected chi connectivity index (χ4v) is 6.37. The van der Waals surface area contributed by atoms with Crippen LogP contribution in [0.2, 0.25) is 0 Å². The first kappa shape index (κ1) is 28.3. The van der Waals surface area contributed by atoms with Gasteiger partial charge < -0.3 is 0 Å². The Bertz CT molecular complexity index is 1790. The second-order valence-electron chi connectivity index (χ2n) is 11.8. The third-order valence-electron chi connectivity index (χ3n) is 8.98. The molecular formula is C39H39N6+3. The van der Waals surface area contributed by atoms with E-state index in [1.807, 2.05) is 0 Å². The number of aromatic nitrogens is 6. The Hall–Kier alpha value is -5.49. The van der Waals surface area contributed by atoms with Crippen molar-refractivity contribution in [3.05, 3.63) is 181 Å². The minimum Gasteiger partial charge on any atom is -0.232 e. The van der Waals surface area contributed by atoms with Crippen LogP contribution in [-0.4, -0.2) is 13.7 Å². The predicted octanol–water partition coefficient (Wildman–Crippen LogP) is 5.99. The average molecular weight is 592 g/mol. The maximum absolute atomic E-state index is 2.30. The van der Waals surface area contributed by atoms with Crippen LogP contribution in [0.5, 0.6) is 0 Å². The second-order valence-corrected chi connectivity index (χ2v) is 11.8. The zero-order chi connectivity index (χ0) is 30.8. The zero-order valence-corrected chi connectivity index (χ0v) is 26.2. The summed E-state index contributed by atoms with van der Waals surface area (Å²) >= 11 is 0. The minimum atomic E-state index is 0.809. The van der Waals surface area contributed by atoms with Crippen molar-refractivity contribution in [1.29, 1.82) is 0 Å². The van der Waals surface area contributed by atoms with Crippen LogP contribution in [0.15, 0.2) is 147 Å². The molecule has 3 heterocycles. The quantitative estimate of drug-likeness (QED) is 0.185. The second kappa shape index (κ2) is 12.2. The molecule has 0 aliphatic carbocycles. The highest BCUT2D eigenvalue weighted by Gasteiger charge is 2.23. The lowest BCUT2D eigenvalue weighted by Crippen LogP contribution is -2.37. The first-order chi connectivity index (χ1) is 22.0. The fraction of sp³-hybridized carbons (Fsp3) is 0.154. The van der Waals surface area contributed by atoms with Gasteiger partial charge >= 0.3 is 0 Å². The van der Waals surface area contributed by atoms with Crippen LogP contribution in [0.1, 0.15) is 33.4 Å². The number of benzene rings is 4. The molecule has 222 valence electrons. The molecule has 0 aliphatic heterocycles. The van der Waals surface area contributed by atoms with Gasteiger partial charge in [-0.15, -0.1) is 0 Å². The minimum absolute atomic E-state index is 0.809. The van der Waals surface area contributed by atoms with Crippen molar-refractivity contribution < 1.29 is 13.7 Å². The van der Waals surface area contributed by atoms with Crippen molar-refractivity contribution in [2.75, 3.05) is 0 Å². The van der Waals surface area contributed by atoms with Gasteiger partial charge in [0.2, 0.25) is 19.0 Å². The van der Waals surface area contributed by atoms with Gasteiger partial charge in [-0.1, -0.05) is 54.6 Å². The Labute approximate surface area is 265 Å². The van der Waals surface area contributed by atoms with E-state index >= 15 is 0 Å². The van der Waals surface area contributed by atoms with Crippen LogP contribution >= 0.6 is 0 Å². The Morgan fingerprint density at radius 1 is 0.400 bits per heavy atom. The summed E-state index contributed by atoms with van der Waals surface area (Å²) < 4.78 is 13.4.